The molecule has 0 unspecified atom stereocenters. The molecule has 1 aromatic heterocycles. The van der Waals surface area contributed by atoms with E-state index in [2.05, 4.69) is 10.4 Å². The fourth-order valence-corrected chi connectivity index (χ4v) is 3.71. The lowest BCUT2D eigenvalue weighted by molar-refractivity contribution is -0.125. The summed E-state index contributed by atoms with van der Waals surface area (Å²) in [6.45, 7) is 0. The van der Waals surface area contributed by atoms with E-state index < -0.39 is 12.1 Å². The quantitative estimate of drug-likeness (QED) is 0.872. The van der Waals surface area contributed by atoms with Crippen LogP contribution in [0.3, 0.4) is 0 Å². The first-order valence-corrected chi connectivity index (χ1v) is 8.85. The lowest BCUT2D eigenvalue weighted by Gasteiger charge is -2.26. The summed E-state index contributed by atoms with van der Waals surface area (Å²) in [5.41, 5.74) is 1.39. The Morgan fingerprint density at radius 2 is 1.96 bits per heavy atom. The number of aromatic nitrogens is 2. The molecule has 0 bridgehead atoms. The number of anilines is 1. The van der Waals surface area contributed by atoms with Gasteiger partial charge in [-0.1, -0.05) is 37.5 Å². The van der Waals surface area contributed by atoms with E-state index in [9.17, 15) is 9.59 Å². The lowest BCUT2D eigenvalue weighted by atomic mass is 9.96. The minimum atomic E-state index is -0.808. The Hall–Kier alpha value is -2.63. The van der Waals surface area contributed by atoms with Crippen molar-refractivity contribution in [2.75, 3.05) is 5.32 Å². The van der Waals surface area contributed by atoms with E-state index in [4.69, 9.17) is 4.74 Å². The van der Waals surface area contributed by atoms with Crippen LogP contribution in [0.15, 0.2) is 36.5 Å². The van der Waals surface area contributed by atoms with Gasteiger partial charge in [0.25, 0.3) is 5.91 Å². The highest BCUT2D eigenvalue weighted by Crippen LogP contribution is 2.30. The molecule has 2 aromatic rings. The molecule has 1 aromatic carbocycles. The minimum absolute atomic E-state index is 0.305. The van der Waals surface area contributed by atoms with Gasteiger partial charge in [-0.05, 0) is 24.5 Å². The molecule has 130 valence electrons. The minimum Gasteiger partial charge on any atom is -0.448 e. The predicted molar refractivity (Wildman–Crippen MR) is 92.3 cm³/mol. The van der Waals surface area contributed by atoms with Crippen LogP contribution >= 0.6 is 0 Å². The van der Waals surface area contributed by atoms with E-state index in [1.165, 1.54) is 19.3 Å². The highest BCUT2D eigenvalue weighted by molar-refractivity contribution is 5.99. The Balaban J connectivity index is 1.48. The average Bonchev–Trinajstić information content (AvgIpc) is 3.10. The maximum absolute atomic E-state index is 12.6. The van der Waals surface area contributed by atoms with Crippen LogP contribution in [-0.4, -0.2) is 27.8 Å². The molecule has 1 aliphatic carbocycles. The number of benzene rings is 1. The number of ether oxygens (including phenoxy) is 1. The predicted octanol–water partition coefficient (Wildman–Crippen LogP) is 3.11. The third-order valence-corrected chi connectivity index (χ3v) is 5.03. The van der Waals surface area contributed by atoms with Crippen LogP contribution in [0.1, 0.15) is 54.1 Å². The van der Waals surface area contributed by atoms with Gasteiger partial charge in [0.15, 0.2) is 6.10 Å². The number of cyclic esters (lactones) is 1. The molecule has 6 nitrogen and oxygen atoms in total. The normalized spacial score (nSPS) is 20.6. The van der Waals surface area contributed by atoms with Crippen LogP contribution in [0.2, 0.25) is 0 Å². The Morgan fingerprint density at radius 1 is 1.16 bits per heavy atom. The van der Waals surface area contributed by atoms with Crippen molar-refractivity contribution in [1.29, 1.82) is 0 Å². The Kier molecular flexibility index (Phi) is 4.26. The number of fused-ring (bicyclic) bond motifs is 1. The zero-order chi connectivity index (χ0) is 17.2. The van der Waals surface area contributed by atoms with E-state index in [1.807, 2.05) is 16.8 Å². The van der Waals surface area contributed by atoms with Crippen molar-refractivity contribution in [2.24, 2.45) is 0 Å². The van der Waals surface area contributed by atoms with Crippen molar-refractivity contribution >= 4 is 17.7 Å². The highest BCUT2D eigenvalue weighted by Gasteiger charge is 2.31. The van der Waals surface area contributed by atoms with Crippen molar-refractivity contribution in [3.63, 3.8) is 0 Å². The summed E-state index contributed by atoms with van der Waals surface area (Å²) < 4.78 is 7.23. The zero-order valence-corrected chi connectivity index (χ0v) is 14.0. The molecule has 1 amide bonds. The molecule has 25 heavy (non-hydrogen) atoms. The fraction of sp³-hybridized carbons (Fsp3) is 0.421. The van der Waals surface area contributed by atoms with Crippen LogP contribution < -0.4 is 5.32 Å². The topological polar surface area (TPSA) is 73.2 Å². The second-order valence-corrected chi connectivity index (χ2v) is 6.70. The van der Waals surface area contributed by atoms with Gasteiger partial charge in [-0.25, -0.2) is 9.48 Å². The summed E-state index contributed by atoms with van der Waals surface area (Å²) in [7, 11) is 0. The van der Waals surface area contributed by atoms with Gasteiger partial charge in [0.2, 0.25) is 0 Å². The van der Waals surface area contributed by atoms with Gasteiger partial charge in [-0.3, -0.25) is 4.79 Å². The first kappa shape index (κ1) is 15.9. The third kappa shape index (κ3) is 3.16. The number of hydrogen-bond acceptors (Lipinski definition) is 4. The molecule has 2 aliphatic rings. The zero-order valence-electron chi connectivity index (χ0n) is 14.0. The van der Waals surface area contributed by atoms with Crippen LogP contribution in [0, 0.1) is 0 Å². The third-order valence-electron chi connectivity index (χ3n) is 5.03. The number of rotatable bonds is 3. The Morgan fingerprint density at radius 3 is 2.80 bits per heavy atom. The molecule has 0 saturated heterocycles. The van der Waals surface area contributed by atoms with Crippen molar-refractivity contribution in [2.45, 2.75) is 50.7 Å². The number of nitrogens with zero attached hydrogens (tertiary/aromatic N) is 2. The van der Waals surface area contributed by atoms with Crippen molar-refractivity contribution in [1.82, 2.24) is 9.78 Å². The Bertz CT molecular complexity index is 793. The fourth-order valence-electron chi connectivity index (χ4n) is 3.71. The van der Waals surface area contributed by atoms with E-state index in [0.29, 0.717) is 23.8 Å². The first-order valence-electron chi connectivity index (χ1n) is 8.85. The van der Waals surface area contributed by atoms with Gasteiger partial charge in [-0.2, -0.15) is 5.10 Å². The number of hydrogen-bond donors (Lipinski definition) is 1. The summed E-state index contributed by atoms with van der Waals surface area (Å²) in [5, 5.41) is 7.28. The van der Waals surface area contributed by atoms with Crippen LogP contribution in [0.5, 0.6) is 0 Å². The Labute approximate surface area is 146 Å². The maximum atomic E-state index is 12.6. The molecule has 4 rings (SSSR count). The number of nitrogens with one attached hydrogen (secondary N) is 1. The molecule has 1 saturated carbocycles. The molecule has 1 atom stereocenters. The van der Waals surface area contributed by atoms with Crippen molar-refractivity contribution < 1.29 is 14.3 Å². The SMILES string of the molecule is O=C1O[C@@H](C(=O)Nc2ccnn2C2CCCCC2)Cc2ccccc21. The second-order valence-electron chi connectivity index (χ2n) is 6.70. The van der Waals surface area contributed by atoms with E-state index in [1.54, 1.807) is 24.4 Å². The van der Waals surface area contributed by atoms with Gasteiger partial charge < -0.3 is 10.1 Å². The molecule has 0 spiro atoms. The van der Waals surface area contributed by atoms with Crippen LogP contribution in [0.4, 0.5) is 5.82 Å². The number of esters is 1. The van der Waals surface area contributed by atoms with Gasteiger partial charge >= 0.3 is 5.97 Å². The molecule has 2 heterocycles. The molecule has 1 N–H and O–H groups in total. The standard InChI is InChI=1S/C19H21N3O3/c23-18(16-12-13-6-4-5-9-15(13)19(24)25-16)21-17-10-11-20-22(17)14-7-2-1-3-8-14/h4-6,9-11,14,16H,1-3,7-8,12H2,(H,21,23)/t16-/m1/s1. The summed E-state index contributed by atoms with van der Waals surface area (Å²) in [4.78, 5) is 24.7. The largest absolute Gasteiger partial charge is 0.448 e. The molecule has 1 aliphatic heterocycles. The van der Waals surface area contributed by atoms with Crippen molar-refractivity contribution in [3.8, 4) is 0 Å². The molecule has 0 radical (unpaired) electrons. The molecule has 1 fully saturated rings. The maximum Gasteiger partial charge on any atom is 0.339 e. The van der Waals surface area contributed by atoms with E-state index >= 15 is 0 Å². The summed E-state index contributed by atoms with van der Waals surface area (Å²) in [6, 6.07) is 9.37. The van der Waals surface area contributed by atoms with Crippen LogP contribution in [-0.2, 0) is 16.0 Å². The molecular weight excluding hydrogens is 318 g/mol. The number of amides is 1. The van der Waals surface area contributed by atoms with Crippen LogP contribution in [0.25, 0.3) is 0 Å². The molecule has 6 heteroatoms. The van der Waals surface area contributed by atoms with Gasteiger partial charge in [0.05, 0.1) is 17.8 Å². The van der Waals surface area contributed by atoms with Gasteiger partial charge in [0, 0.05) is 12.5 Å². The summed E-state index contributed by atoms with van der Waals surface area (Å²) in [6.07, 6.45) is 7.09. The molecular formula is C19H21N3O3. The van der Waals surface area contributed by atoms with Crippen molar-refractivity contribution in [3.05, 3.63) is 47.7 Å². The number of carbonyl (C=O) groups is 2. The first-order chi connectivity index (χ1) is 12.2. The monoisotopic (exact) mass is 339 g/mol. The average molecular weight is 339 g/mol. The smallest absolute Gasteiger partial charge is 0.339 e. The summed E-state index contributed by atoms with van der Waals surface area (Å²) >= 11 is 0. The van der Waals surface area contributed by atoms with E-state index in [-0.39, 0.29) is 5.91 Å². The van der Waals surface area contributed by atoms with Gasteiger partial charge in [-0.15, -0.1) is 0 Å². The van der Waals surface area contributed by atoms with Gasteiger partial charge in [0.1, 0.15) is 5.82 Å². The summed E-state index contributed by atoms with van der Waals surface area (Å²) in [5.74, 6) is -0.0741. The highest BCUT2D eigenvalue weighted by atomic mass is 16.5. The number of carbonyl (C=O) groups excluding carboxylic acids is 2. The second kappa shape index (κ2) is 6.70. The van der Waals surface area contributed by atoms with E-state index in [0.717, 1.165) is 18.4 Å². The lowest BCUT2D eigenvalue weighted by Crippen LogP contribution is -2.38.